The van der Waals surface area contributed by atoms with Crippen LogP contribution in [0.2, 0.25) is 0 Å². The number of halogens is 1. The second-order valence-electron chi connectivity index (χ2n) is 8.71. The molecule has 2 heterocycles. The van der Waals surface area contributed by atoms with Crippen molar-refractivity contribution < 1.29 is 19.0 Å². The molecule has 0 spiro atoms. The standard InChI is InChI=1S/C25H22FNO3/c1-11-9-12(2)16(13(3)10-11)18-22(28)19-20(23(18)29)25-21(27-4)17(24(19)30-25)14-5-7-15(26)8-6-14/h5-10,17,19-21,24-25,28H,1-3H3/t17-,19-,20+,21+,24-,25-/m1/s1. The zero-order valence-electron chi connectivity index (χ0n) is 17.0. The molecule has 0 radical (unpaired) electrons. The van der Waals surface area contributed by atoms with Gasteiger partial charge in [-0.25, -0.2) is 11.0 Å². The van der Waals surface area contributed by atoms with Gasteiger partial charge in [-0.05, 0) is 55.2 Å². The first kappa shape index (κ1) is 19.0. The summed E-state index contributed by atoms with van der Waals surface area (Å²) in [5, 5.41) is 11.2. The third kappa shape index (κ3) is 2.44. The summed E-state index contributed by atoms with van der Waals surface area (Å²) in [6.07, 6.45) is -1.04. The summed E-state index contributed by atoms with van der Waals surface area (Å²) in [4.78, 5) is 17.3. The molecule has 6 atom stereocenters. The number of hydrogen-bond donors (Lipinski definition) is 1. The number of carbonyl (C=O) groups is 1. The predicted molar refractivity (Wildman–Crippen MR) is 110 cm³/mol. The smallest absolute Gasteiger partial charge is 0.259 e. The van der Waals surface area contributed by atoms with Crippen molar-refractivity contribution in [2.75, 3.05) is 0 Å². The van der Waals surface area contributed by atoms with Crippen LogP contribution in [0.3, 0.4) is 0 Å². The van der Waals surface area contributed by atoms with E-state index in [9.17, 15) is 14.3 Å². The number of nitrogens with zero attached hydrogens (tertiary/aromatic N) is 1. The molecular formula is C25H22FNO3. The number of allylic oxidation sites excluding steroid dienone is 1. The molecular weight excluding hydrogens is 381 g/mol. The number of fused-ring (bicyclic) bond motifs is 5. The Balaban J connectivity index is 1.62. The fourth-order valence-electron chi connectivity index (χ4n) is 5.91. The first-order chi connectivity index (χ1) is 14.3. The number of aliphatic hydroxyl groups is 1. The lowest BCUT2D eigenvalue weighted by Crippen LogP contribution is -2.41. The topological polar surface area (TPSA) is 50.9 Å². The van der Waals surface area contributed by atoms with Crippen molar-refractivity contribution in [3.8, 4) is 0 Å². The number of ether oxygens (including phenoxy) is 1. The number of rotatable bonds is 2. The Morgan fingerprint density at radius 3 is 2.23 bits per heavy atom. The van der Waals surface area contributed by atoms with Gasteiger partial charge < -0.3 is 14.7 Å². The largest absolute Gasteiger partial charge is 0.511 e. The molecule has 2 aliphatic heterocycles. The third-order valence-electron chi connectivity index (χ3n) is 6.92. The van der Waals surface area contributed by atoms with E-state index in [4.69, 9.17) is 11.3 Å². The molecule has 0 unspecified atom stereocenters. The van der Waals surface area contributed by atoms with Crippen molar-refractivity contribution >= 4 is 11.4 Å². The van der Waals surface area contributed by atoms with E-state index in [2.05, 4.69) is 4.85 Å². The van der Waals surface area contributed by atoms with Crippen LogP contribution in [0.5, 0.6) is 0 Å². The maximum Gasteiger partial charge on any atom is 0.259 e. The van der Waals surface area contributed by atoms with Gasteiger partial charge in [-0.3, -0.25) is 4.79 Å². The molecule has 0 saturated carbocycles. The molecule has 0 aromatic heterocycles. The molecule has 2 aromatic rings. The minimum absolute atomic E-state index is 0.0723. The van der Waals surface area contributed by atoms with Gasteiger partial charge in [-0.15, -0.1) is 0 Å². The SMILES string of the molecule is [C-]#[N+][C@@H]1[C@@H]2O[C@@H]([C@H]3C(O)=C(c4c(C)cc(C)cc4C)C(=O)[C@@H]23)[C@@H]1c1ccc(F)cc1. The summed E-state index contributed by atoms with van der Waals surface area (Å²) in [5.74, 6) is -1.71. The van der Waals surface area contributed by atoms with Crippen LogP contribution < -0.4 is 0 Å². The van der Waals surface area contributed by atoms with E-state index in [-0.39, 0.29) is 23.3 Å². The Hall–Kier alpha value is -2.97. The van der Waals surface area contributed by atoms with E-state index in [0.717, 1.165) is 27.8 Å². The summed E-state index contributed by atoms with van der Waals surface area (Å²) in [5.41, 5.74) is 4.98. The lowest BCUT2D eigenvalue weighted by molar-refractivity contribution is -0.118. The lowest BCUT2D eigenvalue weighted by atomic mass is 9.70. The van der Waals surface area contributed by atoms with Gasteiger partial charge in [0.05, 0.1) is 29.4 Å². The quantitative estimate of drug-likeness (QED) is 0.741. The van der Waals surface area contributed by atoms with E-state index >= 15 is 0 Å². The van der Waals surface area contributed by atoms with Crippen LogP contribution in [-0.2, 0) is 9.53 Å². The Kier molecular flexibility index (Phi) is 4.13. The molecule has 2 fully saturated rings. The van der Waals surface area contributed by atoms with Crippen molar-refractivity contribution in [1.29, 1.82) is 0 Å². The highest BCUT2D eigenvalue weighted by Crippen LogP contribution is 2.59. The van der Waals surface area contributed by atoms with Crippen LogP contribution in [0, 0.1) is 45.0 Å². The van der Waals surface area contributed by atoms with E-state index in [1.54, 1.807) is 12.1 Å². The number of aryl methyl sites for hydroxylation is 3. The highest BCUT2D eigenvalue weighted by atomic mass is 19.1. The Labute approximate surface area is 174 Å². The van der Waals surface area contributed by atoms with Crippen LogP contribution in [0.15, 0.2) is 42.2 Å². The fraction of sp³-hybridized carbons (Fsp3) is 0.360. The summed E-state index contributed by atoms with van der Waals surface area (Å²) < 4.78 is 19.6. The summed E-state index contributed by atoms with van der Waals surface area (Å²) in [7, 11) is 0. The second kappa shape index (κ2) is 6.52. The van der Waals surface area contributed by atoms with Crippen molar-refractivity contribution in [1.82, 2.24) is 0 Å². The van der Waals surface area contributed by atoms with Crippen LogP contribution in [-0.4, -0.2) is 29.1 Å². The molecule has 1 N–H and O–H groups in total. The fourth-order valence-corrected chi connectivity index (χ4v) is 5.91. The van der Waals surface area contributed by atoms with Gasteiger partial charge in [0.1, 0.15) is 17.7 Å². The molecule has 0 amide bonds. The Bertz CT molecular complexity index is 1120. The summed E-state index contributed by atoms with van der Waals surface area (Å²) in [6, 6.07) is 9.59. The van der Waals surface area contributed by atoms with Gasteiger partial charge in [-0.1, -0.05) is 29.8 Å². The lowest BCUT2D eigenvalue weighted by Gasteiger charge is -2.28. The number of carbonyl (C=O) groups excluding carboxylic acids is 1. The minimum Gasteiger partial charge on any atom is -0.511 e. The van der Waals surface area contributed by atoms with Gasteiger partial charge in [0.15, 0.2) is 5.78 Å². The molecule has 3 aliphatic rings. The summed E-state index contributed by atoms with van der Waals surface area (Å²) in [6.45, 7) is 13.6. The zero-order chi connectivity index (χ0) is 21.3. The maximum atomic E-state index is 13.5. The normalized spacial score (nSPS) is 31.9. The molecule has 1 aliphatic carbocycles. The van der Waals surface area contributed by atoms with Gasteiger partial charge in [0.25, 0.3) is 6.04 Å². The number of Topliss-reactive ketones (excluding diaryl/α,β-unsaturated/α-hetero) is 1. The van der Waals surface area contributed by atoms with Gasteiger partial charge in [0, 0.05) is 0 Å². The van der Waals surface area contributed by atoms with Crippen molar-refractivity contribution in [2.24, 2.45) is 11.8 Å². The third-order valence-corrected chi connectivity index (χ3v) is 6.92. The van der Waals surface area contributed by atoms with Gasteiger partial charge >= 0.3 is 0 Å². The Morgan fingerprint density at radius 2 is 1.63 bits per heavy atom. The van der Waals surface area contributed by atoms with E-state index < -0.39 is 30.1 Å². The molecule has 2 aromatic carbocycles. The van der Waals surface area contributed by atoms with Crippen molar-refractivity contribution in [3.63, 3.8) is 0 Å². The summed E-state index contributed by atoms with van der Waals surface area (Å²) >= 11 is 0. The van der Waals surface area contributed by atoms with Gasteiger partial charge in [-0.2, -0.15) is 0 Å². The van der Waals surface area contributed by atoms with Crippen LogP contribution in [0.25, 0.3) is 10.4 Å². The Morgan fingerprint density at radius 1 is 1.00 bits per heavy atom. The highest BCUT2D eigenvalue weighted by Gasteiger charge is 2.69. The molecule has 2 bridgehead atoms. The first-order valence-electron chi connectivity index (χ1n) is 10.2. The van der Waals surface area contributed by atoms with Crippen molar-refractivity contribution in [2.45, 2.75) is 44.9 Å². The van der Waals surface area contributed by atoms with Crippen molar-refractivity contribution in [3.05, 3.63) is 87.2 Å². The average molecular weight is 403 g/mol. The predicted octanol–water partition coefficient (Wildman–Crippen LogP) is 4.69. The number of benzene rings is 2. The van der Waals surface area contributed by atoms with Gasteiger partial charge in [0.2, 0.25) is 0 Å². The number of aliphatic hydroxyl groups excluding tert-OH is 1. The number of ketones is 1. The average Bonchev–Trinajstić information content (AvgIpc) is 3.33. The number of hydrogen-bond acceptors (Lipinski definition) is 3. The molecule has 5 rings (SSSR count). The zero-order valence-corrected chi connectivity index (χ0v) is 17.0. The van der Waals surface area contributed by atoms with E-state index in [1.165, 1.54) is 12.1 Å². The first-order valence-corrected chi connectivity index (χ1v) is 10.2. The molecule has 30 heavy (non-hydrogen) atoms. The van der Waals surface area contributed by atoms with Crippen LogP contribution in [0.4, 0.5) is 4.39 Å². The molecule has 2 saturated heterocycles. The van der Waals surface area contributed by atoms with Crippen LogP contribution in [0.1, 0.15) is 33.7 Å². The monoisotopic (exact) mass is 403 g/mol. The van der Waals surface area contributed by atoms with E-state index in [0.29, 0.717) is 5.57 Å². The second-order valence-corrected chi connectivity index (χ2v) is 8.71. The van der Waals surface area contributed by atoms with Crippen LogP contribution >= 0.6 is 0 Å². The maximum absolute atomic E-state index is 13.5. The minimum atomic E-state index is -0.564. The molecule has 4 nitrogen and oxygen atoms in total. The molecule has 5 heteroatoms. The van der Waals surface area contributed by atoms with E-state index in [1.807, 2.05) is 32.9 Å². The highest BCUT2D eigenvalue weighted by molar-refractivity contribution is 6.26. The molecule has 152 valence electrons.